The summed E-state index contributed by atoms with van der Waals surface area (Å²) in [5.74, 6) is 1.85. The predicted molar refractivity (Wildman–Crippen MR) is 141 cm³/mol. The molecule has 0 amide bonds. The van der Waals surface area contributed by atoms with Crippen molar-refractivity contribution in [1.82, 2.24) is 19.6 Å². The molecular formula is C29H50N4O3. The van der Waals surface area contributed by atoms with E-state index in [9.17, 15) is 15.0 Å². The third kappa shape index (κ3) is 3.70. The van der Waals surface area contributed by atoms with Gasteiger partial charge in [-0.3, -0.25) is 14.6 Å². The van der Waals surface area contributed by atoms with E-state index in [4.69, 9.17) is 0 Å². The van der Waals surface area contributed by atoms with Crippen LogP contribution in [0.15, 0.2) is 0 Å². The Morgan fingerprint density at radius 2 is 1.42 bits per heavy atom. The van der Waals surface area contributed by atoms with Crippen LogP contribution in [0.2, 0.25) is 0 Å². The van der Waals surface area contributed by atoms with Crippen LogP contribution in [0.25, 0.3) is 0 Å². The van der Waals surface area contributed by atoms with Crippen LogP contribution in [-0.2, 0) is 4.79 Å². The second-order valence-electron chi connectivity index (χ2n) is 14.1. The molecule has 2 N–H and O–H groups in total. The van der Waals surface area contributed by atoms with E-state index in [2.05, 4.69) is 47.5 Å². The minimum Gasteiger partial charge on any atom is -0.393 e. The molecule has 4 aliphatic carbocycles. The third-order valence-electron chi connectivity index (χ3n) is 12.5. The van der Waals surface area contributed by atoms with Gasteiger partial charge >= 0.3 is 0 Å². The highest BCUT2D eigenvalue weighted by Crippen LogP contribution is 2.67. The van der Waals surface area contributed by atoms with Crippen molar-refractivity contribution in [1.29, 1.82) is 0 Å². The zero-order valence-electron chi connectivity index (χ0n) is 23.2. The summed E-state index contributed by atoms with van der Waals surface area (Å²) < 4.78 is 0. The van der Waals surface area contributed by atoms with Crippen LogP contribution in [0.1, 0.15) is 58.8 Å². The van der Waals surface area contributed by atoms with Gasteiger partial charge in [0.25, 0.3) is 0 Å². The largest absolute Gasteiger partial charge is 0.393 e. The highest BCUT2D eigenvalue weighted by Gasteiger charge is 2.69. The molecule has 2 aliphatic heterocycles. The molecule has 4 saturated carbocycles. The Labute approximate surface area is 218 Å². The van der Waals surface area contributed by atoms with Crippen molar-refractivity contribution < 1.29 is 15.0 Å². The van der Waals surface area contributed by atoms with E-state index in [-0.39, 0.29) is 22.9 Å². The van der Waals surface area contributed by atoms with Gasteiger partial charge in [0.15, 0.2) is 5.78 Å². The first-order chi connectivity index (χ1) is 17.1. The quantitative estimate of drug-likeness (QED) is 0.593. The number of carbonyl (C=O) groups excluding carboxylic acids is 1. The van der Waals surface area contributed by atoms with Gasteiger partial charge in [0, 0.05) is 75.7 Å². The zero-order chi connectivity index (χ0) is 25.5. The Hall–Kier alpha value is -0.570. The first kappa shape index (κ1) is 25.7. The van der Waals surface area contributed by atoms with Gasteiger partial charge in [0.1, 0.15) is 0 Å². The topological polar surface area (TPSA) is 70.5 Å². The van der Waals surface area contributed by atoms with Crippen molar-refractivity contribution in [3.8, 4) is 0 Å². The number of hydrogen-bond acceptors (Lipinski definition) is 7. The number of aliphatic hydroxyl groups excluding tert-OH is 1. The Balaban J connectivity index is 1.33. The molecule has 6 fully saturated rings. The van der Waals surface area contributed by atoms with Crippen molar-refractivity contribution >= 4 is 5.78 Å². The Morgan fingerprint density at radius 1 is 0.806 bits per heavy atom. The number of Topliss-reactive ketones (excluding diaryl/α,β-unsaturated/α-hetero) is 1. The van der Waals surface area contributed by atoms with Gasteiger partial charge in [0.2, 0.25) is 0 Å². The number of rotatable bonds is 2. The van der Waals surface area contributed by atoms with Gasteiger partial charge in [-0.2, -0.15) is 0 Å². The number of likely N-dealkylation sites (N-methyl/N-ethyl adjacent to an activating group) is 2. The predicted octanol–water partition coefficient (Wildman–Crippen LogP) is 1.53. The lowest BCUT2D eigenvalue weighted by molar-refractivity contribution is -0.250. The lowest BCUT2D eigenvalue weighted by atomic mass is 9.42. The van der Waals surface area contributed by atoms with E-state index in [1.54, 1.807) is 0 Å². The van der Waals surface area contributed by atoms with Crippen molar-refractivity contribution in [3.05, 3.63) is 0 Å². The van der Waals surface area contributed by atoms with Gasteiger partial charge in [-0.25, -0.2) is 0 Å². The summed E-state index contributed by atoms with van der Waals surface area (Å²) in [7, 11) is 4.37. The molecule has 6 rings (SSSR count). The first-order valence-corrected chi connectivity index (χ1v) is 14.9. The van der Waals surface area contributed by atoms with Gasteiger partial charge in [0.05, 0.1) is 17.7 Å². The SMILES string of the molecule is CN1CCN([C@H]2C[C@H]3[C@@H]4C[C@@H](N5CCN(C)CC5)[C@@]5(O)C[C@@H](O)CC[C@]5(C)[C@H]4CC[C@]3(C)C2=O)CC1. The van der Waals surface area contributed by atoms with Crippen LogP contribution >= 0.6 is 0 Å². The summed E-state index contributed by atoms with van der Waals surface area (Å²) in [4.78, 5) is 23.9. The van der Waals surface area contributed by atoms with Crippen LogP contribution in [0, 0.1) is 28.6 Å². The van der Waals surface area contributed by atoms with Crippen LogP contribution < -0.4 is 0 Å². The van der Waals surface area contributed by atoms with Crippen LogP contribution in [0.5, 0.6) is 0 Å². The normalized spacial score (nSPS) is 51.6. The molecule has 0 aromatic heterocycles. The molecule has 0 bridgehead atoms. The Bertz CT molecular complexity index is 855. The Morgan fingerprint density at radius 3 is 2.06 bits per heavy atom. The van der Waals surface area contributed by atoms with Crippen molar-refractivity contribution in [2.45, 2.75) is 82.6 Å². The van der Waals surface area contributed by atoms with Gasteiger partial charge in [-0.05, 0) is 70.4 Å². The molecular weight excluding hydrogens is 452 g/mol. The maximum absolute atomic E-state index is 14.1. The summed E-state index contributed by atoms with van der Waals surface area (Å²) in [6, 6.07) is 0.156. The first-order valence-electron chi connectivity index (χ1n) is 14.9. The zero-order valence-corrected chi connectivity index (χ0v) is 23.2. The standard InChI is InChI=1S/C29H50N4O3/c1-27-7-6-22-21(23(27)18-24(26(27)35)32-13-9-30(3)10-14-32)17-25(33-15-11-31(4)12-16-33)29(36)19-20(34)5-8-28(22,29)2/h20-25,34,36H,5-19H2,1-4H3/t20-,21+,22-,23-,24-,25+,27-,28+,29-/m0/s1. The number of carbonyl (C=O) groups is 1. The molecule has 7 nitrogen and oxygen atoms in total. The van der Waals surface area contributed by atoms with Crippen molar-refractivity contribution in [3.63, 3.8) is 0 Å². The Kier molecular flexibility index (Phi) is 6.41. The van der Waals surface area contributed by atoms with Gasteiger partial charge in [-0.15, -0.1) is 0 Å². The maximum atomic E-state index is 14.1. The maximum Gasteiger partial charge on any atom is 0.156 e. The lowest BCUT2D eigenvalue weighted by Crippen LogP contribution is -2.73. The van der Waals surface area contributed by atoms with Crippen LogP contribution in [-0.4, -0.2) is 126 Å². The number of nitrogens with zero attached hydrogens (tertiary/aromatic N) is 4. The second kappa shape index (κ2) is 8.99. The fourth-order valence-corrected chi connectivity index (χ4v) is 10.1. The monoisotopic (exact) mass is 502 g/mol. The third-order valence-corrected chi connectivity index (χ3v) is 12.5. The van der Waals surface area contributed by atoms with Gasteiger partial charge < -0.3 is 20.0 Å². The molecule has 6 aliphatic rings. The molecule has 0 aromatic carbocycles. The number of aliphatic hydroxyl groups is 2. The van der Waals surface area contributed by atoms with E-state index >= 15 is 0 Å². The second-order valence-corrected chi connectivity index (χ2v) is 14.1. The molecule has 2 saturated heterocycles. The fraction of sp³-hybridized carbons (Fsp3) is 0.966. The molecule has 0 radical (unpaired) electrons. The molecule has 0 unspecified atom stereocenters. The lowest BCUT2D eigenvalue weighted by Gasteiger charge is -2.67. The van der Waals surface area contributed by atoms with E-state index in [0.29, 0.717) is 30.0 Å². The number of hydrogen-bond donors (Lipinski definition) is 2. The van der Waals surface area contributed by atoms with E-state index in [0.717, 1.165) is 90.9 Å². The highest BCUT2D eigenvalue weighted by molar-refractivity contribution is 5.92. The fourth-order valence-electron chi connectivity index (χ4n) is 10.1. The molecule has 36 heavy (non-hydrogen) atoms. The molecule has 0 aromatic rings. The number of piperazine rings is 2. The smallest absolute Gasteiger partial charge is 0.156 e. The van der Waals surface area contributed by atoms with Crippen molar-refractivity contribution in [2.24, 2.45) is 28.6 Å². The average molecular weight is 503 g/mol. The summed E-state index contributed by atoms with van der Waals surface area (Å²) in [6.07, 6.45) is 5.80. The summed E-state index contributed by atoms with van der Waals surface area (Å²) in [5.41, 5.74) is -1.27. The van der Waals surface area contributed by atoms with Crippen LogP contribution in [0.4, 0.5) is 0 Å². The van der Waals surface area contributed by atoms with E-state index in [1.807, 2.05) is 0 Å². The average Bonchev–Trinajstić information content (AvgIpc) is 3.12. The van der Waals surface area contributed by atoms with Gasteiger partial charge in [-0.1, -0.05) is 13.8 Å². The number of ketones is 1. The summed E-state index contributed by atoms with van der Waals surface area (Å²) >= 11 is 0. The minimum atomic E-state index is -0.852. The molecule has 204 valence electrons. The summed E-state index contributed by atoms with van der Waals surface area (Å²) in [6.45, 7) is 12.8. The highest BCUT2D eigenvalue weighted by atomic mass is 16.3. The van der Waals surface area contributed by atoms with Crippen molar-refractivity contribution in [2.75, 3.05) is 66.5 Å². The van der Waals surface area contributed by atoms with E-state index in [1.165, 1.54) is 0 Å². The molecule has 2 heterocycles. The molecule has 0 spiro atoms. The minimum absolute atomic E-state index is 0.0764. The molecule has 9 atom stereocenters. The molecule has 7 heteroatoms. The summed E-state index contributed by atoms with van der Waals surface area (Å²) in [5, 5.41) is 23.3. The van der Waals surface area contributed by atoms with Crippen LogP contribution in [0.3, 0.4) is 0 Å². The van der Waals surface area contributed by atoms with E-state index < -0.39 is 11.7 Å². The number of fused-ring (bicyclic) bond motifs is 5.